The largest absolute Gasteiger partial charge is 0.507 e. The first-order chi connectivity index (χ1) is 7.43. The molecule has 0 unspecified atom stereocenters. The predicted molar refractivity (Wildman–Crippen MR) is 55.8 cm³/mol. The zero-order chi connectivity index (χ0) is 12.3. The van der Waals surface area contributed by atoms with Gasteiger partial charge in [0.15, 0.2) is 0 Å². The van der Waals surface area contributed by atoms with E-state index in [1.807, 2.05) is 0 Å². The molecule has 0 spiro atoms. The molecule has 0 heterocycles. The van der Waals surface area contributed by atoms with Crippen LogP contribution < -0.4 is 4.74 Å². The van der Waals surface area contributed by atoms with Gasteiger partial charge >= 0.3 is 5.97 Å². The second-order valence-corrected chi connectivity index (χ2v) is 3.45. The van der Waals surface area contributed by atoms with Gasteiger partial charge in [-0.1, -0.05) is 6.07 Å². The summed E-state index contributed by atoms with van der Waals surface area (Å²) in [6, 6.07) is 4.16. The Hall–Kier alpha value is -2.04. The number of phenolic OH excluding ortho intramolecular Hbond substituents is 1. The third-order valence-electron chi connectivity index (χ3n) is 1.79. The second kappa shape index (κ2) is 4.65. The Morgan fingerprint density at radius 2 is 1.94 bits per heavy atom. The fourth-order valence-corrected chi connectivity index (χ4v) is 1.21. The minimum Gasteiger partial charge on any atom is -0.507 e. The molecule has 0 fully saturated rings. The highest BCUT2D eigenvalue weighted by molar-refractivity contribution is 6.41. The van der Waals surface area contributed by atoms with Crippen LogP contribution in [0.4, 0.5) is 0 Å². The zero-order valence-electron chi connectivity index (χ0n) is 8.93. The summed E-state index contributed by atoms with van der Waals surface area (Å²) in [6.07, 6.45) is -0.220. The number of phenols is 1. The molecular weight excluding hydrogens is 212 g/mol. The molecule has 86 valence electrons. The Morgan fingerprint density at radius 1 is 1.31 bits per heavy atom. The van der Waals surface area contributed by atoms with Crippen LogP contribution in [0.5, 0.6) is 11.5 Å². The molecule has 0 atom stereocenters. The Morgan fingerprint density at radius 3 is 2.44 bits per heavy atom. The van der Waals surface area contributed by atoms with Crippen LogP contribution in [0.15, 0.2) is 18.2 Å². The van der Waals surface area contributed by atoms with Crippen LogP contribution >= 0.6 is 0 Å². The van der Waals surface area contributed by atoms with E-state index in [9.17, 15) is 14.7 Å². The molecule has 0 aliphatic carbocycles. The molecule has 1 rings (SSSR count). The van der Waals surface area contributed by atoms with Crippen molar-refractivity contribution < 1.29 is 24.5 Å². The fraction of sp³-hybridized carbons (Fsp3) is 0.273. The minimum absolute atomic E-state index is 0.0717. The van der Waals surface area contributed by atoms with E-state index in [0.29, 0.717) is 0 Å². The van der Waals surface area contributed by atoms with Gasteiger partial charge in [-0.15, -0.1) is 0 Å². The standard InChI is InChI=1S/C11H12O5/c1-6(2)16-8-5-3-4-7(12)9(8)10(13)11(14)15/h3-6,12H,1-2H3,(H,14,15). The summed E-state index contributed by atoms with van der Waals surface area (Å²) in [5, 5.41) is 18.1. The summed E-state index contributed by atoms with van der Waals surface area (Å²) in [5.74, 6) is -3.14. The Bertz CT molecular complexity index is 422. The van der Waals surface area contributed by atoms with Gasteiger partial charge in [0, 0.05) is 0 Å². The summed E-state index contributed by atoms with van der Waals surface area (Å²) in [6.45, 7) is 3.47. The Balaban J connectivity index is 3.23. The van der Waals surface area contributed by atoms with Crippen LogP contribution in [0.2, 0.25) is 0 Å². The molecule has 0 radical (unpaired) electrons. The number of carboxylic acids is 1. The van der Waals surface area contributed by atoms with Crippen LogP contribution in [0.3, 0.4) is 0 Å². The molecule has 0 aromatic heterocycles. The van der Waals surface area contributed by atoms with E-state index in [2.05, 4.69) is 0 Å². The van der Waals surface area contributed by atoms with Crippen molar-refractivity contribution in [1.82, 2.24) is 0 Å². The number of hydrogen-bond donors (Lipinski definition) is 2. The third kappa shape index (κ3) is 2.50. The summed E-state index contributed by atoms with van der Waals surface area (Å²) in [7, 11) is 0. The smallest absolute Gasteiger partial charge is 0.377 e. The summed E-state index contributed by atoms with van der Waals surface area (Å²) < 4.78 is 5.25. The van der Waals surface area contributed by atoms with E-state index < -0.39 is 17.5 Å². The molecule has 0 saturated carbocycles. The molecule has 5 heteroatoms. The quantitative estimate of drug-likeness (QED) is 0.597. The molecule has 1 aromatic rings. The maximum Gasteiger partial charge on any atom is 0.377 e. The van der Waals surface area contributed by atoms with E-state index in [1.165, 1.54) is 18.2 Å². The molecule has 0 aliphatic heterocycles. The van der Waals surface area contributed by atoms with E-state index >= 15 is 0 Å². The van der Waals surface area contributed by atoms with E-state index in [-0.39, 0.29) is 17.4 Å². The molecule has 0 saturated heterocycles. The zero-order valence-corrected chi connectivity index (χ0v) is 8.93. The lowest BCUT2D eigenvalue weighted by atomic mass is 10.1. The Labute approximate surface area is 92.3 Å². The van der Waals surface area contributed by atoms with Crippen molar-refractivity contribution in [1.29, 1.82) is 0 Å². The van der Waals surface area contributed by atoms with Gasteiger partial charge in [0.05, 0.1) is 6.10 Å². The number of rotatable bonds is 4. The molecule has 5 nitrogen and oxygen atoms in total. The summed E-state index contributed by atoms with van der Waals surface area (Å²) in [5.41, 5.74) is -0.316. The lowest BCUT2D eigenvalue weighted by Crippen LogP contribution is -2.16. The Kier molecular flexibility index (Phi) is 3.50. The van der Waals surface area contributed by atoms with Crippen LogP contribution in [0, 0.1) is 0 Å². The number of ether oxygens (including phenoxy) is 1. The van der Waals surface area contributed by atoms with Gasteiger partial charge in [0.1, 0.15) is 17.1 Å². The normalized spacial score (nSPS) is 10.2. The average Bonchev–Trinajstić information content (AvgIpc) is 2.16. The van der Waals surface area contributed by atoms with Crippen LogP contribution in [0.25, 0.3) is 0 Å². The lowest BCUT2D eigenvalue weighted by Gasteiger charge is -2.13. The van der Waals surface area contributed by atoms with Gasteiger partial charge < -0.3 is 14.9 Å². The number of aromatic hydroxyl groups is 1. The van der Waals surface area contributed by atoms with E-state index in [1.54, 1.807) is 13.8 Å². The molecule has 0 bridgehead atoms. The molecule has 0 amide bonds. The van der Waals surface area contributed by atoms with Crippen LogP contribution in [-0.2, 0) is 4.79 Å². The number of ketones is 1. The number of carbonyl (C=O) groups excluding carboxylic acids is 1. The number of carbonyl (C=O) groups is 2. The van der Waals surface area contributed by atoms with Crippen LogP contribution in [0.1, 0.15) is 24.2 Å². The topological polar surface area (TPSA) is 83.8 Å². The van der Waals surface area contributed by atoms with E-state index in [4.69, 9.17) is 9.84 Å². The van der Waals surface area contributed by atoms with Gasteiger partial charge in [0.2, 0.25) is 0 Å². The number of benzene rings is 1. The first kappa shape index (κ1) is 12.0. The van der Waals surface area contributed by atoms with Gasteiger partial charge in [-0.05, 0) is 26.0 Å². The van der Waals surface area contributed by atoms with Gasteiger partial charge in [-0.25, -0.2) is 4.79 Å². The number of hydrogen-bond acceptors (Lipinski definition) is 4. The van der Waals surface area contributed by atoms with Crippen molar-refractivity contribution in [2.45, 2.75) is 20.0 Å². The highest BCUT2D eigenvalue weighted by atomic mass is 16.5. The number of carboxylic acid groups (broad SMARTS) is 1. The van der Waals surface area contributed by atoms with Crippen molar-refractivity contribution in [3.8, 4) is 11.5 Å². The van der Waals surface area contributed by atoms with Crippen molar-refractivity contribution in [2.75, 3.05) is 0 Å². The van der Waals surface area contributed by atoms with E-state index in [0.717, 1.165) is 0 Å². The van der Waals surface area contributed by atoms with Gasteiger partial charge in [-0.2, -0.15) is 0 Å². The maximum absolute atomic E-state index is 11.3. The first-order valence-electron chi connectivity index (χ1n) is 4.69. The number of aliphatic carboxylic acids is 1. The maximum atomic E-state index is 11.3. The van der Waals surface area contributed by atoms with Crippen molar-refractivity contribution >= 4 is 11.8 Å². The molecule has 0 aliphatic rings. The second-order valence-electron chi connectivity index (χ2n) is 3.45. The van der Waals surface area contributed by atoms with Crippen LogP contribution in [-0.4, -0.2) is 28.1 Å². The molecular formula is C11H12O5. The highest BCUT2D eigenvalue weighted by Gasteiger charge is 2.23. The lowest BCUT2D eigenvalue weighted by molar-refractivity contribution is -0.131. The highest BCUT2D eigenvalue weighted by Crippen LogP contribution is 2.28. The van der Waals surface area contributed by atoms with Gasteiger partial charge in [0.25, 0.3) is 5.78 Å². The van der Waals surface area contributed by atoms with Gasteiger partial charge in [-0.3, -0.25) is 4.79 Å². The monoisotopic (exact) mass is 224 g/mol. The number of Topliss-reactive ketones (excluding diaryl/α,β-unsaturated/α-hetero) is 1. The predicted octanol–water partition coefficient (Wildman–Crippen LogP) is 1.45. The van der Waals surface area contributed by atoms with Crippen molar-refractivity contribution in [3.63, 3.8) is 0 Å². The summed E-state index contributed by atoms with van der Waals surface area (Å²) in [4.78, 5) is 21.9. The van der Waals surface area contributed by atoms with Crippen molar-refractivity contribution in [2.24, 2.45) is 0 Å². The minimum atomic E-state index is -1.63. The fourth-order valence-electron chi connectivity index (χ4n) is 1.21. The van der Waals surface area contributed by atoms with Crippen molar-refractivity contribution in [3.05, 3.63) is 23.8 Å². The molecule has 16 heavy (non-hydrogen) atoms. The first-order valence-corrected chi connectivity index (χ1v) is 4.69. The molecule has 1 aromatic carbocycles. The summed E-state index contributed by atoms with van der Waals surface area (Å²) >= 11 is 0. The SMILES string of the molecule is CC(C)Oc1cccc(O)c1C(=O)C(=O)O. The average molecular weight is 224 g/mol. The molecule has 2 N–H and O–H groups in total. The third-order valence-corrected chi connectivity index (χ3v) is 1.79.